The van der Waals surface area contributed by atoms with Crippen LogP contribution in [0.4, 0.5) is 10.5 Å². The number of hydrogen-bond acceptors (Lipinski definition) is 7. The number of anilines is 1. The number of hydrazine groups is 1. The van der Waals surface area contributed by atoms with Gasteiger partial charge in [-0.1, -0.05) is 35.9 Å². The highest BCUT2D eigenvalue weighted by atomic mass is 35.5. The number of ether oxygens (including phenoxy) is 1. The van der Waals surface area contributed by atoms with E-state index in [9.17, 15) is 19.6 Å². The van der Waals surface area contributed by atoms with Crippen LogP contribution in [-0.2, 0) is 27.4 Å². The predicted molar refractivity (Wildman–Crippen MR) is 153 cm³/mol. The zero-order chi connectivity index (χ0) is 29.4. The molecule has 40 heavy (non-hydrogen) atoms. The molecule has 0 unspecified atom stereocenters. The number of hydrogen-bond donors (Lipinski definition) is 1. The van der Waals surface area contributed by atoms with Crippen LogP contribution in [-0.4, -0.2) is 78.2 Å². The smallest absolute Gasteiger partial charge is 0.410 e. The van der Waals surface area contributed by atoms with Gasteiger partial charge >= 0.3 is 6.09 Å². The molecule has 1 aliphatic heterocycles. The van der Waals surface area contributed by atoms with Gasteiger partial charge < -0.3 is 19.9 Å². The average molecular weight is 569 g/mol. The van der Waals surface area contributed by atoms with Gasteiger partial charge in [-0.2, -0.15) is 5.26 Å². The van der Waals surface area contributed by atoms with Crippen LogP contribution in [0.5, 0.6) is 0 Å². The lowest BCUT2D eigenvalue weighted by Crippen LogP contribution is -2.48. The highest BCUT2D eigenvalue weighted by molar-refractivity contribution is 6.33. The van der Waals surface area contributed by atoms with Gasteiger partial charge in [-0.3, -0.25) is 14.6 Å². The first-order valence-electron chi connectivity index (χ1n) is 13.2. The van der Waals surface area contributed by atoms with Gasteiger partial charge in [0, 0.05) is 39.8 Å². The van der Waals surface area contributed by atoms with Crippen LogP contribution in [0.15, 0.2) is 42.5 Å². The number of amides is 3. The quantitative estimate of drug-likeness (QED) is 0.464. The minimum Gasteiger partial charge on any atom is -0.444 e. The fraction of sp³-hybridized carbons (Fsp3) is 0.448. The average Bonchev–Trinajstić information content (AvgIpc) is 3.34. The third kappa shape index (κ3) is 8.34. The molecule has 0 aromatic heterocycles. The van der Waals surface area contributed by atoms with E-state index in [1.807, 2.05) is 36.2 Å². The Labute approximate surface area is 241 Å². The maximum atomic E-state index is 13.4. The van der Waals surface area contributed by atoms with Crippen LogP contribution < -0.4 is 10.2 Å². The summed E-state index contributed by atoms with van der Waals surface area (Å²) in [6.45, 7) is 9.01. The van der Waals surface area contributed by atoms with Gasteiger partial charge in [0.2, 0.25) is 5.91 Å². The Kier molecular flexibility index (Phi) is 10.4. The van der Waals surface area contributed by atoms with Gasteiger partial charge in [-0.15, -0.1) is 0 Å². The monoisotopic (exact) mass is 568 g/mol. The van der Waals surface area contributed by atoms with Crippen LogP contribution in [0.2, 0.25) is 5.02 Å². The van der Waals surface area contributed by atoms with Crippen molar-refractivity contribution in [2.24, 2.45) is 0 Å². The third-order valence-electron chi connectivity index (χ3n) is 6.42. The number of nitrogens with one attached hydrogen (secondary N) is 1. The Morgan fingerprint density at radius 1 is 1.10 bits per heavy atom. The maximum absolute atomic E-state index is 13.4. The minimum atomic E-state index is -0.622. The Morgan fingerprint density at radius 3 is 2.33 bits per heavy atom. The van der Waals surface area contributed by atoms with Crippen molar-refractivity contribution < 1.29 is 19.1 Å². The van der Waals surface area contributed by atoms with E-state index in [2.05, 4.69) is 11.4 Å². The van der Waals surface area contributed by atoms with Crippen molar-refractivity contribution >= 4 is 35.2 Å². The molecule has 1 N–H and O–H groups in total. The van der Waals surface area contributed by atoms with Gasteiger partial charge in [0.05, 0.1) is 35.4 Å². The standard InChI is InChI=1S/C29H37ClN6O4/c1-6-34(28(39)40-29(2,3)4)14-13-32-26(37)19-35(25-15-21(16-31)11-12-24(25)30)20-27(38)33(5)36-17-22-9-7-8-10-23(22)18-36/h7-12,15H,6,13-14,17-20H2,1-5H3,(H,32,37). The number of halogens is 1. The van der Waals surface area contributed by atoms with Crippen LogP contribution in [0.3, 0.4) is 0 Å². The molecule has 1 heterocycles. The van der Waals surface area contributed by atoms with Gasteiger partial charge in [0.15, 0.2) is 0 Å². The largest absolute Gasteiger partial charge is 0.444 e. The molecule has 214 valence electrons. The van der Waals surface area contributed by atoms with E-state index in [1.54, 1.807) is 55.9 Å². The van der Waals surface area contributed by atoms with E-state index < -0.39 is 11.7 Å². The van der Waals surface area contributed by atoms with Crippen molar-refractivity contribution in [3.63, 3.8) is 0 Å². The number of nitriles is 1. The summed E-state index contributed by atoms with van der Waals surface area (Å²) < 4.78 is 5.41. The molecule has 0 saturated heterocycles. The summed E-state index contributed by atoms with van der Waals surface area (Å²) in [5, 5.41) is 16.0. The van der Waals surface area contributed by atoms with E-state index in [0.717, 1.165) is 11.1 Å². The summed E-state index contributed by atoms with van der Waals surface area (Å²) in [6.07, 6.45) is -0.455. The molecule has 3 amide bonds. The summed E-state index contributed by atoms with van der Waals surface area (Å²) in [7, 11) is 1.70. The Hall–Kier alpha value is -3.81. The predicted octanol–water partition coefficient (Wildman–Crippen LogP) is 3.78. The van der Waals surface area contributed by atoms with E-state index in [4.69, 9.17) is 16.3 Å². The van der Waals surface area contributed by atoms with Gasteiger partial charge in [0.25, 0.3) is 5.91 Å². The van der Waals surface area contributed by atoms with E-state index in [-0.39, 0.29) is 38.0 Å². The molecule has 2 aromatic rings. The molecule has 0 spiro atoms. The number of fused-ring (bicyclic) bond motifs is 1. The maximum Gasteiger partial charge on any atom is 0.410 e. The number of carbonyl (C=O) groups is 3. The SMILES string of the molecule is CCN(CCNC(=O)CN(CC(=O)N(C)N1Cc2ccccc2C1)c1cc(C#N)ccc1Cl)C(=O)OC(C)(C)C. The fourth-order valence-electron chi connectivity index (χ4n) is 4.27. The van der Waals surface area contributed by atoms with Crippen molar-refractivity contribution in [1.29, 1.82) is 5.26 Å². The molecule has 0 aliphatic carbocycles. The van der Waals surface area contributed by atoms with Crippen molar-refractivity contribution in [1.82, 2.24) is 20.2 Å². The van der Waals surface area contributed by atoms with Crippen LogP contribution >= 0.6 is 11.6 Å². The third-order valence-corrected chi connectivity index (χ3v) is 6.74. The zero-order valence-electron chi connectivity index (χ0n) is 23.7. The second-order valence-electron chi connectivity index (χ2n) is 10.6. The van der Waals surface area contributed by atoms with Crippen molar-refractivity contribution in [2.75, 3.05) is 44.7 Å². The van der Waals surface area contributed by atoms with Gasteiger partial charge in [0.1, 0.15) is 5.60 Å². The Morgan fingerprint density at radius 2 is 1.75 bits per heavy atom. The molecule has 0 radical (unpaired) electrons. The molecular weight excluding hydrogens is 532 g/mol. The molecule has 2 aromatic carbocycles. The number of nitrogens with zero attached hydrogens (tertiary/aromatic N) is 5. The number of rotatable bonds is 10. The normalized spacial score (nSPS) is 12.7. The van der Waals surface area contributed by atoms with E-state index in [0.29, 0.717) is 35.9 Å². The number of carbonyl (C=O) groups excluding carboxylic acids is 3. The number of benzene rings is 2. The molecule has 1 aliphatic rings. The topological polar surface area (TPSA) is 109 Å². The van der Waals surface area contributed by atoms with Crippen LogP contribution in [0.25, 0.3) is 0 Å². The van der Waals surface area contributed by atoms with Gasteiger partial charge in [-0.25, -0.2) is 9.80 Å². The first-order valence-corrected chi connectivity index (χ1v) is 13.6. The fourth-order valence-corrected chi connectivity index (χ4v) is 4.50. The second-order valence-corrected chi connectivity index (χ2v) is 11.0. The summed E-state index contributed by atoms with van der Waals surface area (Å²) in [5.74, 6) is -0.594. The van der Waals surface area contributed by atoms with Crippen molar-refractivity contribution in [3.05, 3.63) is 64.2 Å². The lowest BCUT2D eigenvalue weighted by molar-refractivity contribution is -0.145. The Balaban J connectivity index is 1.68. The van der Waals surface area contributed by atoms with E-state index in [1.165, 1.54) is 4.90 Å². The summed E-state index contributed by atoms with van der Waals surface area (Å²) in [4.78, 5) is 41.8. The molecule has 0 atom stereocenters. The molecule has 0 bridgehead atoms. The molecule has 0 saturated carbocycles. The lowest BCUT2D eigenvalue weighted by Gasteiger charge is -2.31. The minimum absolute atomic E-state index is 0.135. The zero-order valence-corrected chi connectivity index (χ0v) is 24.5. The molecule has 11 heteroatoms. The van der Waals surface area contributed by atoms with Crippen molar-refractivity contribution in [3.8, 4) is 6.07 Å². The van der Waals surface area contributed by atoms with Crippen LogP contribution in [0.1, 0.15) is 44.4 Å². The van der Waals surface area contributed by atoms with Crippen molar-refractivity contribution in [2.45, 2.75) is 46.4 Å². The summed E-state index contributed by atoms with van der Waals surface area (Å²) >= 11 is 6.46. The summed E-state index contributed by atoms with van der Waals surface area (Å²) in [6, 6.07) is 14.8. The summed E-state index contributed by atoms with van der Waals surface area (Å²) in [5.41, 5.74) is 2.47. The van der Waals surface area contributed by atoms with Gasteiger partial charge in [-0.05, 0) is 57.0 Å². The molecule has 0 fully saturated rings. The second kappa shape index (κ2) is 13.5. The highest BCUT2D eigenvalue weighted by Crippen LogP contribution is 2.28. The highest BCUT2D eigenvalue weighted by Gasteiger charge is 2.27. The van der Waals surface area contributed by atoms with E-state index >= 15 is 0 Å². The first-order chi connectivity index (χ1) is 18.9. The molecule has 10 nitrogen and oxygen atoms in total. The Bertz CT molecular complexity index is 1250. The number of likely N-dealkylation sites (N-methyl/N-ethyl adjacent to an activating group) is 2. The molecular formula is C29H37ClN6O4. The van der Waals surface area contributed by atoms with Crippen LogP contribution in [0, 0.1) is 11.3 Å². The lowest BCUT2D eigenvalue weighted by atomic mass is 10.1. The first kappa shape index (κ1) is 30.7. The molecule has 3 rings (SSSR count).